The van der Waals surface area contributed by atoms with E-state index < -0.39 is 0 Å². The van der Waals surface area contributed by atoms with Gasteiger partial charge in [0.15, 0.2) is 5.82 Å². The van der Waals surface area contributed by atoms with Crippen LogP contribution < -0.4 is 5.32 Å². The second kappa shape index (κ2) is 5.01. The number of fused-ring (bicyclic) bond motifs is 1. The van der Waals surface area contributed by atoms with Crippen LogP contribution in [0, 0.1) is 6.92 Å². The summed E-state index contributed by atoms with van der Waals surface area (Å²) in [4.78, 5) is 7.16. The number of thiophene rings is 1. The Labute approximate surface area is 116 Å². The molecule has 0 bridgehead atoms. The van der Waals surface area contributed by atoms with Crippen LogP contribution in [-0.4, -0.2) is 20.6 Å². The quantitative estimate of drug-likeness (QED) is 0.793. The van der Waals surface area contributed by atoms with Crippen LogP contribution >= 0.6 is 11.3 Å². The Kier molecular flexibility index (Phi) is 3.21. The van der Waals surface area contributed by atoms with Gasteiger partial charge >= 0.3 is 0 Å². The Balaban J connectivity index is 1.75. The van der Waals surface area contributed by atoms with Gasteiger partial charge in [-0.2, -0.15) is 5.10 Å². The van der Waals surface area contributed by atoms with E-state index in [-0.39, 0.29) is 0 Å². The molecule has 0 aliphatic carbocycles. The molecule has 0 aliphatic rings. The van der Waals surface area contributed by atoms with Crippen molar-refractivity contribution in [3.05, 3.63) is 46.5 Å². The molecule has 5 heteroatoms. The third-order valence-corrected chi connectivity index (χ3v) is 4.03. The molecule has 3 rings (SSSR count). The molecule has 0 aliphatic heterocycles. The van der Waals surface area contributed by atoms with Gasteiger partial charge in [-0.25, -0.2) is 9.50 Å². The zero-order valence-electron chi connectivity index (χ0n) is 11.0. The maximum atomic E-state index is 4.40. The van der Waals surface area contributed by atoms with E-state index in [4.69, 9.17) is 0 Å². The summed E-state index contributed by atoms with van der Waals surface area (Å²) in [5.74, 6) is 0.890. The van der Waals surface area contributed by atoms with E-state index in [9.17, 15) is 0 Å². The average Bonchev–Trinajstić information content (AvgIpc) is 2.98. The van der Waals surface area contributed by atoms with Crippen LogP contribution in [0.4, 0.5) is 5.82 Å². The van der Waals surface area contributed by atoms with E-state index in [1.807, 2.05) is 28.1 Å². The summed E-state index contributed by atoms with van der Waals surface area (Å²) >= 11 is 1.85. The fourth-order valence-corrected chi connectivity index (χ4v) is 3.17. The Bertz CT molecular complexity index is 685. The number of aryl methyl sites for hydroxylation is 1. The largest absolute Gasteiger partial charge is 0.365 e. The molecule has 0 radical (unpaired) electrons. The topological polar surface area (TPSA) is 42.2 Å². The van der Waals surface area contributed by atoms with E-state index in [1.165, 1.54) is 9.75 Å². The van der Waals surface area contributed by atoms with Gasteiger partial charge < -0.3 is 5.32 Å². The molecule has 4 nitrogen and oxygen atoms in total. The van der Waals surface area contributed by atoms with Crippen molar-refractivity contribution in [3.63, 3.8) is 0 Å². The minimum atomic E-state index is 0.339. The number of nitrogens with zero attached hydrogens (tertiary/aromatic N) is 3. The zero-order valence-corrected chi connectivity index (χ0v) is 11.8. The van der Waals surface area contributed by atoms with Gasteiger partial charge in [0.1, 0.15) is 5.52 Å². The van der Waals surface area contributed by atoms with Crippen molar-refractivity contribution < 1.29 is 0 Å². The Morgan fingerprint density at radius 3 is 3.00 bits per heavy atom. The molecule has 98 valence electrons. The minimum Gasteiger partial charge on any atom is -0.365 e. The molecule has 19 heavy (non-hydrogen) atoms. The lowest BCUT2D eigenvalue weighted by atomic mass is 10.2. The van der Waals surface area contributed by atoms with Gasteiger partial charge in [0.25, 0.3) is 0 Å². The molecule has 0 saturated carbocycles. The van der Waals surface area contributed by atoms with E-state index in [0.29, 0.717) is 6.04 Å². The predicted molar refractivity (Wildman–Crippen MR) is 78.8 cm³/mol. The molecule has 1 N–H and O–H groups in total. The molecule has 0 aromatic carbocycles. The average molecular weight is 272 g/mol. The molecule has 3 heterocycles. The summed E-state index contributed by atoms with van der Waals surface area (Å²) in [6, 6.07) is 6.68. The monoisotopic (exact) mass is 272 g/mol. The summed E-state index contributed by atoms with van der Waals surface area (Å²) in [5.41, 5.74) is 1.01. The highest BCUT2D eigenvalue weighted by molar-refractivity contribution is 7.11. The highest BCUT2D eigenvalue weighted by atomic mass is 32.1. The summed E-state index contributed by atoms with van der Waals surface area (Å²) in [6.45, 7) is 4.32. The third-order valence-electron chi connectivity index (χ3n) is 3.01. The van der Waals surface area contributed by atoms with Gasteiger partial charge in [-0.1, -0.05) is 0 Å². The van der Waals surface area contributed by atoms with Crippen LogP contribution in [0.15, 0.2) is 36.8 Å². The second-order valence-corrected chi connectivity index (χ2v) is 6.07. The molecule has 3 aromatic heterocycles. The number of aromatic nitrogens is 3. The van der Waals surface area contributed by atoms with E-state index in [0.717, 1.165) is 17.8 Å². The van der Waals surface area contributed by atoms with Gasteiger partial charge in [0, 0.05) is 34.6 Å². The Morgan fingerprint density at radius 1 is 1.32 bits per heavy atom. The van der Waals surface area contributed by atoms with Gasteiger partial charge in [-0.15, -0.1) is 11.3 Å². The first kappa shape index (κ1) is 12.2. The SMILES string of the molecule is Cc1ccc(CC(C)Nc2nccn3nccc23)s1. The second-order valence-electron chi connectivity index (χ2n) is 4.70. The summed E-state index contributed by atoms with van der Waals surface area (Å²) in [6.07, 6.45) is 6.42. The number of rotatable bonds is 4. The van der Waals surface area contributed by atoms with E-state index in [2.05, 4.69) is 41.4 Å². The first-order valence-electron chi connectivity index (χ1n) is 6.32. The predicted octanol–water partition coefficient (Wildman–Crippen LogP) is 3.14. The Hall–Kier alpha value is -1.88. The summed E-state index contributed by atoms with van der Waals surface area (Å²) in [7, 11) is 0. The van der Waals surface area contributed by atoms with Crippen LogP contribution in [0.2, 0.25) is 0 Å². The molecule has 0 fully saturated rings. The molecule has 1 unspecified atom stereocenters. The Morgan fingerprint density at radius 2 is 2.21 bits per heavy atom. The molecule has 0 saturated heterocycles. The van der Waals surface area contributed by atoms with Crippen molar-refractivity contribution in [2.75, 3.05) is 5.32 Å². The molecular formula is C14H16N4S. The molecule has 0 spiro atoms. The third kappa shape index (κ3) is 2.61. The van der Waals surface area contributed by atoms with Crippen molar-refractivity contribution in [3.8, 4) is 0 Å². The molecule has 0 amide bonds. The first-order chi connectivity index (χ1) is 9.22. The number of hydrogen-bond acceptors (Lipinski definition) is 4. The fourth-order valence-electron chi connectivity index (χ4n) is 2.15. The van der Waals surface area contributed by atoms with Crippen molar-refractivity contribution >= 4 is 22.7 Å². The number of hydrogen-bond donors (Lipinski definition) is 1. The maximum Gasteiger partial charge on any atom is 0.152 e. The van der Waals surface area contributed by atoms with Crippen molar-refractivity contribution in [1.29, 1.82) is 0 Å². The van der Waals surface area contributed by atoms with Gasteiger partial charge in [0.2, 0.25) is 0 Å². The smallest absolute Gasteiger partial charge is 0.152 e. The highest BCUT2D eigenvalue weighted by Gasteiger charge is 2.09. The summed E-state index contributed by atoms with van der Waals surface area (Å²) in [5, 5.41) is 7.68. The molecule has 3 aromatic rings. The lowest BCUT2D eigenvalue weighted by Crippen LogP contribution is -2.18. The van der Waals surface area contributed by atoms with Crippen LogP contribution in [0.5, 0.6) is 0 Å². The zero-order chi connectivity index (χ0) is 13.2. The lowest BCUT2D eigenvalue weighted by Gasteiger charge is -2.14. The van der Waals surface area contributed by atoms with Crippen LogP contribution in [0.25, 0.3) is 5.52 Å². The molecule has 1 atom stereocenters. The minimum absolute atomic E-state index is 0.339. The number of nitrogens with one attached hydrogen (secondary N) is 1. The fraction of sp³-hybridized carbons (Fsp3) is 0.286. The van der Waals surface area contributed by atoms with Crippen LogP contribution in [0.3, 0.4) is 0 Å². The van der Waals surface area contributed by atoms with Crippen LogP contribution in [0.1, 0.15) is 16.7 Å². The lowest BCUT2D eigenvalue weighted by molar-refractivity contribution is 0.793. The van der Waals surface area contributed by atoms with E-state index >= 15 is 0 Å². The van der Waals surface area contributed by atoms with Crippen molar-refractivity contribution in [1.82, 2.24) is 14.6 Å². The first-order valence-corrected chi connectivity index (χ1v) is 7.14. The van der Waals surface area contributed by atoms with Crippen molar-refractivity contribution in [2.45, 2.75) is 26.3 Å². The van der Waals surface area contributed by atoms with Gasteiger partial charge in [-0.05, 0) is 32.0 Å². The van der Waals surface area contributed by atoms with Crippen molar-refractivity contribution in [2.24, 2.45) is 0 Å². The standard InChI is InChI=1S/C14H16N4S/c1-10(9-12-4-3-11(2)19-12)17-14-13-5-6-16-18(13)8-7-15-14/h3-8,10H,9H2,1-2H3,(H,15,17). The summed E-state index contributed by atoms with van der Waals surface area (Å²) < 4.78 is 1.83. The molecular weight excluding hydrogens is 256 g/mol. The maximum absolute atomic E-state index is 4.40. The highest BCUT2D eigenvalue weighted by Crippen LogP contribution is 2.19. The normalized spacial score (nSPS) is 12.7. The van der Waals surface area contributed by atoms with Gasteiger partial charge in [-0.3, -0.25) is 0 Å². The van der Waals surface area contributed by atoms with Gasteiger partial charge in [0.05, 0.1) is 6.20 Å². The van der Waals surface area contributed by atoms with Crippen LogP contribution in [-0.2, 0) is 6.42 Å². The van der Waals surface area contributed by atoms with E-state index in [1.54, 1.807) is 12.4 Å². The number of anilines is 1.